The summed E-state index contributed by atoms with van der Waals surface area (Å²) in [5.74, 6) is -1.04. The SMILES string of the molecule is COC(=O)/C(=C\Nc1ccccc1)C(=O)c1ccc(C)c(C)c1. The Kier molecular flexibility index (Phi) is 5.31. The zero-order valence-electron chi connectivity index (χ0n) is 13.4. The van der Waals surface area contributed by atoms with Crippen molar-refractivity contribution in [3.63, 3.8) is 0 Å². The van der Waals surface area contributed by atoms with Crippen LogP contribution in [0.3, 0.4) is 0 Å². The predicted molar refractivity (Wildman–Crippen MR) is 90.4 cm³/mol. The van der Waals surface area contributed by atoms with Gasteiger partial charge >= 0.3 is 5.97 Å². The maximum Gasteiger partial charge on any atom is 0.343 e. The summed E-state index contributed by atoms with van der Waals surface area (Å²) in [5.41, 5.74) is 3.28. The number of benzene rings is 2. The zero-order valence-corrected chi connectivity index (χ0v) is 13.4. The molecule has 0 unspecified atom stereocenters. The highest BCUT2D eigenvalue weighted by Gasteiger charge is 2.21. The minimum absolute atomic E-state index is 0.0420. The number of hydrogen-bond acceptors (Lipinski definition) is 4. The first-order valence-corrected chi connectivity index (χ1v) is 7.25. The van der Waals surface area contributed by atoms with Gasteiger partial charge in [-0.25, -0.2) is 4.79 Å². The van der Waals surface area contributed by atoms with Gasteiger partial charge in [-0.2, -0.15) is 0 Å². The Hall–Kier alpha value is -2.88. The summed E-state index contributed by atoms with van der Waals surface area (Å²) in [5, 5.41) is 2.95. The number of hydrogen-bond donors (Lipinski definition) is 1. The second-order valence-electron chi connectivity index (χ2n) is 5.19. The van der Waals surface area contributed by atoms with Crippen molar-refractivity contribution < 1.29 is 14.3 Å². The summed E-state index contributed by atoms with van der Waals surface area (Å²) in [6, 6.07) is 14.6. The molecule has 0 spiro atoms. The monoisotopic (exact) mass is 309 g/mol. The number of nitrogens with one attached hydrogen (secondary N) is 1. The smallest absolute Gasteiger partial charge is 0.343 e. The lowest BCUT2D eigenvalue weighted by Gasteiger charge is -2.08. The topological polar surface area (TPSA) is 55.4 Å². The summed E-state index contributed by atoms with van der Waals surface area (Å²) in [6.45, 7) is 3.90. The third kappa shape index (κ3) is 4.07. The van der Waals surface area contributed by atoms with Crippen LogP contribution in [0.5, 0.6) is 0 Å². The van der Waals surface area contributed by atoms with Crippen molar-refractivity contribution >= 4 is 17.4 Å². The molecule has 0 saturated carbocycles. The molecule has 0 fully saturated rings. The van der Waals surface area contributed by atoms with E-state index >= 15 is 0 Å². The van der Waals surface area contributed by atoms with Crippen LogP contribution in [0.25, 0.3) is 0 Å². The van der Waals surface area contributed by atoms with E-state index in [9.17, 15) is 9.59 Å². The van der Waals surface area contributed by atoms with E-state index in [1.54, 1.807) is 12.1 Å². The fourth-order valence-electron chi connectivity index (χ4n) is 2.06. The number of anilines is 1. The van der Waals surface area contributed by atoms with Gasteiger partial charge in [-0.15, -0.1) is 0 Å². The molecule has 23 heavy (non-hydrogen) atoms. The number of esters is 1. The van der Waals surface area contributed by atoms with Crippen LogP contribution in [0, 0.1) is 13.8 Å². The Morgan fingerprint density at radius 3 is 2.30 bits per heavy atom. The van der Waals surface area contributed by atoms with Gasteiger partial charge in [0.2, 0.25) is 5.78 Å². The van der Waals surface area contributed by atoms with E-state index in [0.29, 0.717) is 5.56 Å². The zero-order chi connectivity index (χ0) is 16.8. The Balaban J connectivity index is 2.32. The van der Waals surface area contributed by atoms with Crippen molar-refractivity contribution in [2.45, 2.75) is 13.8 Å². The summed E-state index contributed by atoms with van der Waals surface area (Å²) in [4.78, 5) is 24.6. The number of ketones is 1. The normalized spacial score (nSPS) is 11.0. The second-order valence-corrected chi connectivity index (χ2v) is 5.19. The van der Waals surface area contributed by atoms with Gasteiger partial charge in [0.1, 0.15) is 5.57 Å². The first-order valence-electron chi connectivity index (χ1n) is 7.25. The minimum atomic E-state index is -0.670. The average molecular weight is 309 g/mol. The number of para-hydroxylation sites is 1. The van der Waals surface area contributed by atoms with Gasteiger partial charge in [0.25, 0.3) is 0 Å². The Labute approximate surface area is 135 Å². The number of carbonyl (C=O) groups excluding carboxylic acids is 2. The molecular weight excluding hydrogens is 290 g/mol. The molecule has 0 heterocycles. The van der Waals surface area contributed by atoms with Crippen molar-refractivity contribution in [2.24, 2.45) is 0 Å². The van der Waals surface area contributed by atoms with Gasteiger partial charge in [-0.1, -0.05) is 30.3 Å². The highest BCUT2D eigenvalue weighted by molar-refractivity contribution is 6.24. The van der Waals surface area contributed by atoms with Crippen LogP contribution < -0.4 is 5.32 Å². The van der Waals surface area contributed by atoms with Gasteiger partial charge in [0.05, 0.1) is 7.11 Å². The van der Waals surface area contributed by atoms with Gasteiger partial charge in [-0.05, 0) is 43.2 Å². The molecule has 2 aromatic carbocycles. The molecular formula is C19H19NO3. The van der Waals surface area contributed by atoms with Gasteiger partial charge < -0.3 is 10.1 Å². The molecule has 0 saturated heterocycles. The van der Waals surface area contributed by atoms with E-state index in [2.05, 4.69) is 5.32 Å². The van der Waals surface area contributed by atoms with Gasteiger partial charge in [0.15, 0.2) is 0 Å². The lowest BCUT2D eigenvalue weighted by Crippen LogP contribution is -2.16. The van der Waals surface area contributed by atoms with E-state index in [1.165, 1.54) is 13.3 Å². The van der Waals surface area contributed by atoms with Crippen molar-refractivity contribution in [3.05, 3.63) is 77.0 Å². The number of carbonyl (C=O) groups is 2. The molecule has 0 aliphatic rings. The molecule has 0 amide bonds. The first-order chi connectivity index (χ1) is 11.0. The van der Waals surface area contributed by atoms with Crippen molar-refractivity contribution in [3.8, 4) is 0 Å². The van der Waals surface area contributed by atoms with Crippen molar-refractivity contribution in [2.75, 3.05) is 12.4 Å². The Morgan fingerprint density at radius 2 is 1.70 bits per heavy atom. The number of Topliss-reactive ketones (excluding diaryl/α,β-unsaturated/α-hetero) is 1. The molecule has 0 aliphatic heterocycles. The van der Waals surface area contributed by atoms with Crippen LogP contribution in [-0.2, 0) is 9.53 Å². The van der Waals surface area contributed by atoms with Crippen LogP contribution in [0.15, 0.2) is 60.3 Å². The molecule has 2 aromatic rings. The third-order valence-electron chi connectivity index (χ3n) is 3.58. The minimum Gasteiger partial charge on any atom is -0.465 e. The predicted octanol–water partition coefficient (Wildman–Crippen LogP) is 3.66. The molecule has 0 bridgehead atoms. The largest absolute Gasteiger partial charge is 0.465 e. The van der Waals surface area contributed by atoms with E-state index in [0.717, 1.165) is 16.8 Å². The van der Waals surface area contributed by atoms with Crippen LogP contribution in [0.1, 0.15) is 21.5 Å². The van der Waals surface area contributed by atoms with E-state index in [1.807, 2.05) is 50.2 Å². The molecule has 4 nitrogen and oxygen atoms in total. The summed E-state index contributed by atoms with van der Waals surface area (Å²) < 4.78 is 4.73. The maximum absolute atomic E-state index is 12.6. The van der Waals surface area contributed by atoms with Gasteiger partial charge in [0, 0.05) is 17.5 Å². The molecule has 4 heteroatoms. The van der Waals surface area contributed by atoms with Crippen LogP contribution in [-0.4, -0.2) is 18.9 Å². The lowest BCUT2D eigenvalue weighted by molar-refractivity contribution is -0.135. The fraction of sp³-hybridized carbons (Fsp3) is 0.158. The molecule has 0 aromatic heterocycles. The molecule has 0 atom stereocenters. The van der Waals surface area contributed by atoms with Crippen molar-refractivity contribution in [1.82, 2.24) is 0 Å². The molecule has 118 valence electrons. The summed E-state index contributed by atoms with van der Waals surface area (Å²) >= 11 is 0. The lowest BCUT2D eigenvalue weighted by atomic mass is 9.99. The number of rotatable bonds is 5. The highest BCUT2D eigenvalue weighted by Crippen LogP contribution is 2.15. The van der Waals surface area contributed by atoms with Gasteiger partial charge in [-0.3, -0.25) is 4.79 Å². The summed E-state index contributed by atoms with van der Waals surface area (Å²) in [7, 11) is 1.26. The number of aryl methyl sites for hydroxylation is 2. The number of ether oxygens (including phenoxy) is 1. The quantitative estimate of drug-likeness (QED) is 0.301. The molecule has 2 rings (SSSR count). The third-order valence-corrected chi connectivity index (χ3v) is 3.58. The standard InChI is InChI=1S/C19H19NO3/c1-13-9-10-15(11-14(13)2)18(21)17(19(22)23-3)12-20-16-7-5-4-6-8-16/h4-12,20H,1-3H3/b17-12-. The summed E-state index contributed by atoms with van der Waals surface area (Å²) in [6.07, 6.45) is 1.39. The van der Waals surface area contributed by atoms with E-state index in [4.69, 9.17) is 4.74 Å². The van der Waals surface area contributed by atoms with Crippen LogP contribution in [0.4, 0.5) is 5.69 Å². The van der Waals surface area contributed by atoms with Crippen molar-refractivity contribution in [1.29, 1.82) is 0 Å². The Bertz CT molecular complexity index is 748. The fourth-order valence-corrected chi connectivity index (χ4v) is 2.06. The molecule has 1 N–H and O–H groups in total. The molecule has 0 radical (unpaired) electrons. The Morgan fingerprint density at radius 1 is 1.00 bits per heavy atom. The van der Waals surface area contributed by atoms with E-state index < -0.39 is 5.97 Å². The highest BCUT2D eigenvalue weighted by atomic mass is 16.5. The average Bonchev–Trinajstić information content (AvgIpc) is 2.58. The first kappa shape index (κ1) is 16.5. The maximum atomic E-state index is 12.6. The van der Waals surface area contributed by atoms with E-state index in [-0.39, 0.29) is 11.4 Å². The molecule has 0 aliphatic carbocycles. The van der Waals surface area contributed by atoms with Crippen LogP contribution in [0.2, 0.25) is 0 Å². The second kappa shape index (κ2) is 7.40. The van der Waals surface area contributed by atoms with Crippen LogP contribution >= 0.6 is 0 Å². The number of methoxy groups -OCH3 is 1.